The van der Waals surface area contributed by atoms with Gasteiger partial charge in [-0.25, -0.2) is 4.79 Å². The third kappa shape index (κ3) is 3.25. The number of carbonyl (C=O) groups is 1. The summed E-state index contributed by atoms with van der Waals surface area (Å²) in [5.74, 6) is 1.77. The Morgan fingerprint density at radius 3 is 2.67 bits per heavy atom. The van der Waals surface area contributed by atoms with Gasteiger partial charge < -0.3 is 10.1 Å². The maximum atomic E-state index is 11.8. The van der Waals surface area contributed by atoms with E-state index in [0.29, 0.717) is 17.6 Å². The van der Waals surface area contributed by atoms with E-state index in [0.717, 1.165) is 6.42 Å². The van der Waals surface area contributed by atoms with Crippen molar-refractivity contribution in [1.29, 1.82) is 0 Å². The summed E-state index contributed by atoms with van der Waals surface area (Å²) in [6.45, 7) is 4.46. The average molecular weight is 247 g/mol. The Kier molecular flexibility index (Phi) is 4.24. The fourth-order valence-corrected chi connectivity index (χ4v) is 2.56. The SMILES string of the molecule is CC1CCCC(NC(=O)Oc2ccccc2)C1C. The van der Waals surface area contributed by atoms with E-state index < -0.39 is 0 Å². The van der Waals surface area contributed by atoms with Gasteiger partial charge in [0, 0.05) is 6.04 Å². The second-order valence-electron chi connectivity index (χ2n) is 5.22. The van der Waals surface area contributed by atoms with Gasteiger partial charge >= 0.3 is 6.09 Å². The number of benzene rings is 1. The number of hydrogen-bond donors (Lipinski definition) is 1. The highest BCUT2D eigenvalue weighted by atomic mass is 16.6. The Balaban J connectivity index is 1.87. The number of nitrogens with one attached hydrogen (secondary N) is 1. The zero-order valence-corrected chi connectivity index (χ0v) is 11.1. The van der Waals surface area contributed by atoms with Gasteiger partial charge in [0.2, 0.25) is 0 Å². The zero-order chi connectivity index (χ0) is 13.0. The predicted molar refractivity (Wildman–Crippen MR) is 71.6 cm³/mol. The van der Waals surface area contributed by atoms with Crippen molar-refractivity contribution in [2.24, 2.45) is 11.8 Å². The van der Waals surface area contributed by atoms with E-state index in [1.54, 1.807) is 12.1 Å². The van der Waals surface area contributed by atoms with Crippen LogP contribution in [0.25, 0.3) is 0 Å². The summed E-state index contributed by atoms with van der Waals surface area (Å²) in [6.07, 6.45) is 3.15. The van der Waals surface area contributed by atoms with Gasteiger partial charge in [-0.2, -0.15) is 0 Å². The molecule has 2 rings (SSSR count). The average Bonchev–Trinajstić information content (AvgIpc) is 2.36. The molecule has 3 atom stereocenters. The molecule has 1 aromatic carbocycles. The Morgan fingerprint density at radius 2 is 1.94 bits per heavy atom. The van der Waals surface area contributed by atoms with Crippen LogP contribution in [0, 0.1) is 11.8 Å². The molecule has 3 heteroatoms. The smallest absolute Gasteiger partial charge is 0.410 e. The molecule has 1 saturated carbocycles. The van der Waals surface area contributed by atoms with Crippen molar-refractivity contribution in [3.05, 3.63) is 30.3 Å². The maximum Gasteiger partial charge on any atom is 0.412 e. The summed E-state index contributed by atoms with van der Waals surface area (Å²) in [6, 6.07) is 9.42. The molecule has 3 unspecified atom stereocenters. The lowest BCUT2D eigenvalue weighted by atomic mass is 9.78. The highest BCUT2D eigenvalue weighted by Gasteiger charge is 2.28. The van der Waals surface area contributed by atoms with Gasteiger partial charge in [0.25, 0.3) is 0 Å². The topological polar surface area (TPSA) is 38.3 Å². The highest BCUT2D eigenvalue weighted by Crippen LogP contribution is 2.29. The molecule has 1 aliphatic rings. The zero-order valence-electron chi connectivity index (χ0n) is 11.1. The van der Waals surface area contributed by atoms with E-state index in [9.17, 15) is 4.79 Å². The minimum Gasteiger partial charge on any atom is -0.410 e. The lowest BCUT2D eigenvalue weighted by Gasteiger charge is -2.34. The molecule has 1 aromatic rings. The highest BCUT2D eigenvalue weighted by molar-refractivity contribution is 5.70. The lowest BCUT2D eigenvalue weighted by Crippen LogP contribution is -2.44. The van der Waals surface area contributed by atoms with E-state index in [-0.39, 0.29) is 12.1 Å². The number of rotatable bonds is 2. The van der Waals surface area contributed by atoms with Crippen LogP contribution in [0.3, 0.4) is 0 Å². The quantitative estimate of drug-likeness (QED) is 0.867. The summed E-state index contributed by atoms with van der Waals surface area (Å²) >= 11 is 0. The second-order valence-corrected chi connectivity index (χ2v) is 5.22. The first-order chi connectivity index (χ1) is 8.66. The minimum atomic E-state index is -0.341. The molecular formula is C15H21NO2. The lowest BCUT2D eigenvalue weighted by molar-refractivity contribution is 0.168. The summed E-state index contributed by atoms with van der Waals surface area (Å²) in [4.78, 5) is 11.8. The van der Waals surface area contributed by atoms with Crippen LogP contribution in [0.5, 0.6) is 5.75 Å². The largest absolute Gasteiger partial charge is 0.412 e. The van der Waals surface area contributed by atoms with Crippen molar-refractivity contribution in [3.8, 4) is 5.75 Å². The second kappa shape index (κ2) is 5.89. The van der Waals surface area contributed by atoms with Crippen LogP contribution in [0.15, 0.2) is 30.3 Å². The molecule has 0 heterocycles. The van der Waals surface area contributed by atoms with E-state index in [4.69, 9.17) is 4.74 Å². The monoisotopic (exact) mass is 247 g/mol. The first kappa shape index (κ1) is 12.9. The van der Waals surface area contributed by atoms with E-state index in [2.05, 4.69) is 19.2 Å². The van der Waals surface area contributed by atoms with Crippen LogP contribution in [-0.4, -0.2) is 12.1 Å². The van der Waals surface area contributed by atoms with Crippen LogP contribution in [-0.2, 0) is 0 Å². The number of amides is 1. The Morgan fingerprint density at radius 1 is 1.22 bits per heavy atom. The number of para-hydroxylation sites is 1. The molecule has 0 spiro atoms. The van der Waals surface area contributed by atoms with Gasteiger partial charge in [-0.15, -0.1) is 0 Å². The van der Waals surface area contributed by atoms with E-state index in [1.165, 1.54) is 12.8 Å². The molecule has 1 fully saturated rings. The van der Waals surface area contributed by atoms with Gasteiger partial charge in [-0.3, -0.25) is 0 Å². The number of ether oxygens (including phenoxy) is 1. The van der Waals surface area contributed by atoms with Crippen molar-refractivity contribution >= 4 is 6.09 Å². The third-order valence-corrected chi connectivity index (χ3v) is 3.96. The molecule has 98 valence electrons. The first-order valence-corrected chi connectivity index (χ1v) is 6.70. The van der Waals surface area contributed by atoms with Crippen molar-refractivity contribution in [2.75, 3.05) is 0 Å². The van der Waals surface area contributed by atoms with Crippen molar-refractivity contribution in [1.82, 2.24) is 5.32 Å². The molecule has 1 aliphatic carbocycles. The van der Waals surface area contributed by atoms with Crippen molar-refractivity contribution in [2.45, 2.75) is 39.2 Å². The van der Waals surface area contributed by atoms with Crippen LogP contribution in [0.2, 0.25) is 0 Å². The molecule has 18 heavy (non-hydrogen) atoms. The molecule has 1 N–H and O–H groups in total. The molecule has 0 aromatic heterocycles. The maximum absolute atomic E-state index is 11.8. The van der Waals surface area contributed by atoms with E-state index >= 15 is 0 Å². The van der Waals surface area contributed by atoms with Gasteiger partial charge in [0.15, 0.2) is 0 Å². The normalized spacial score (nSPS) is 27.6. The Bertz CT molecular complexity index is 391. The fourth-order valence-electron chi connectivity index (χ4n) is 2.56. The first-order valence-electron chi connectivity index (χ1n) is 6.70. The van der Waals surface area contributed by atoms with Gasteiger partial charge in [0.05, 0.1) is 0 Å². The van der Waals surface area contributed by atoms with Crippen LogP contribution >= 0.6 is 0 Å². The standard InChI is InChI=1S/C15H21NO2/c1-11-7-6-10-14(12(11)2)16-15(17)18-13-8-4-3-5-9-13/h3-5,8-9,11-12,14H,6-7,10H2,1-2H3,(H,16,17). The minimum absolute atomic E-state index is 0.241. The Labute approximate surface area is 109 Å². The van der Waals surface area contributed by atoms with Gasteiger partial charge in [-0.05, 0) is 30.4 Å². The molecule has 0 aliphatic heterocycles. The molecule has 0 saturated heterocycles. The molecule has 1 amide bonds. The fraction of sp³-hybridized carbons (Fsp3) is 0.533. The van der Waals surface area contributed by atoms with E-state index in [1.807, 2.05) is 18.2 Å². The Hall–Kier alpha value is -1.51. The van der Waals surface area contributed by atoms with Gasteiger partial charge in [-0.1, -0.05) is 44.9 Å². The van der Waals surface area contributed by atoms with Crippen LogP contribution < -0.4 is 10.1 Å². The number of carbonyl (C=O) groups excluding carboxylic acids is 1. The summed E-state index contributed by atoms with van der Waals surface area (Å²) in [5, 5.41) is 2.99. The molecular weight excluding hydrogens is 226 g/mol. The molecule has 3 nitrogen and oxygen atoms in total. The van der Waals surface area contributed by atoms with Crippen molar-refractivity contribution < 1.29 is 9.53 Å². The summed E-state index contributed by atoms with van der Waals surface area (Å²) < 4.78 is 5.25. The number of hydrogen-bond acceptors (Lipinski definition) is 2. The molecule has 0 radical (unpaired) electrons. The molecule has 0 bridgehead atoms. The predicted octanol–water partition coefficient (Wildman–Crippen LogP) is 3.60. The van der Waals surface area contributed by atoms with Crippen LogP contribution in [0.4, 0.5) is 4.79 Å². The summed E-state index contributed by atoms with van der Waals surface area (Å²) in [7, 11) is 0. The van der Waals surface area contributed by atoms with Gasteiger partial charge in [0.1, 0.15) is 5.75 Å². The van der Waals surface area contributed by atoms with Crippen molar-refractivity contribution in [3.63, 3.8) is 0 Å². The third-order valence-electron chi connectivity index (χ3n) is 3.96. The summed E-state index contributed by atoms with van der Waals surface area (Å²) in [5.41, 5.74) is 0. The van der Waals surface area contributed by atoms with Crippen LogP contribution in [0.1, 0.15) is 33.1 Å².